The molecule has 0 unspecified atom stereocenters. The van der Waals surface area contributed by atoms with Crippen molar-refractivity contribution in [3.05, 3.63) is 35.9 Å². The lowest BCUT2D eigenvalue weighted by atomic mass is 9.82. The normalized spacial score (nSPS) is 11.3. The molecule has 0 spiro atoms. The molecule has 2 aromatic rings. The third-order valence-electron chi connectivity index (χ3n) is 3.25. The molecule has 2 rings (SSSR count). The highest BCUT2D eigenvalue weighted by Crippen LogP contribution is 2.38. The van der Waals surface area contributed by atoms with Crippen molar-refractivity contribution in [3.63, 3.8) is 0 Å². The van der Waals surface area contributed by atoms with Crippen LogP contribution in [0.2, 0.25) is 0 Å². The van der Waals surface area contributed by atoms with Crippen molar-refractivity contribution >= 4 is 23.2 Å². The number of rotatable bonds is 2. The summed E-state index contributed by atoms with van der Waals surface area (Å²) in [6.45, 7) is 4.64. The lowest BCUT2D eigenvalue weighted by Crippen LogP contribution is -2.28. The molecule has 0 atom stereocenters. The van der Waals surface area contributed by atoms with Crippen LogP contribution in [0.3, 0.4) is 0 Å². The van der Waals surface area contributed by atoms with Crippen LogP contribution in [0.1, 0.15) is 19.4 Å². The molecular weight excluding hydrogens is 250 g/mol. The Morgan fingerprint density at radius 3 is 2.33 bits per heavy atom. The molecule has 98 valence electrons. The minimum atomic E-state index is -0.164. The molecule has 0 saturated heterocycles. The summed E-state index contributed by atoms with van der Waals surface area (Å²) in [5.41, 5.74) is 6.70. The standard InChI is InChI=1S/C14H17NO2.ClH/c1-14(2,8-15)11-5-3-4-10-9(11)6-7-12(16)13(10)17;/h3-7,16-17H,8,15H2,1-2H3;1H. The zero-order chi connectivity index (χ0) is 12.6. The SMILES string of the molecule is CC(C)(CN)c1cccc2c(O)c(O)ccc12.Cl. The first-order valence-corrected chi connectivity index (χ1v) is 5.61. The molecule has 2 aromatic carbocycles. The van der Waals surface area contributed by atoms with E-state index in [0.717, 1.165) is 10.9 Å². The third-order valence-corrected chi connectivity index (χ3v) is 3.25. The molecule has 0 aliphatic rings. The van der Waals surface area contributed by atoms with Gasteiger partial charge in [0.05, 0.1) is 0 Å². The molecule has 18 heavy (non-hydrogen) atoms. The molecular formula is C14H18ClNO2. The van der Waals surface area contributed by atoms with Gasteiger partial charge in [0.15, 0.2) is 11.5 Å². The highest BCUT2D eigenvalue weighted by atomic mass is 35.5. The van der Waals surface area contributed by atoms with Gasteiger partial charge < -0.3 is 15.9 Å². The monoisotopic (exact) mass is 267 g/mol. The van der Waals surface area contributed by atoms with Gasteiger partial charge in [0.2, 0.25) is 0 Å². The van der Waals surface area contributed by atoms with Crippen molar-refractivity contribution in [2.24, 2.45) is 5.73 Å². The van der Waals surface area contributed by atoms with E-state index in [4.69, 9.17) is 5.73 Å². The smallest absolute Gasteiger partial charge is 0.165 e. The number of aromatic hydroxyl groups is 2. The predicted octanol–water partition coefficient (Wildman–Crippen LogP) is 2.91. The molecule has 0 heterocycles. The van der Waals surface area contributed by atoms with E-state index in [-0.39, 0.29) is 29.3 Å². The topological polar surface area (TPSA) is 66.5 Å². The molecule has 4 N–H and O–H groups in total. The van der Waals surface area contributed by atoms with Gasteiger partial charge in [-0.15, -0.1) is 12.4 Å². The second-order valence-electron chi connectivity index (χ2n) is 4.92. The van der Waals surface area contributed by atoms with Crippen LogP contribution in [-0.2, 0) is 5.41 Å². The summed E-state index contributed by atoms with van der Waals surface area (Å²) in [5, 5.41) is 20.9. The number of phenols is 2. The van der Waals surface area contributed by atoms with Crippen LogP contribution in [0.25, 0.3) is 10.8 Å². The zero-order valence-electron chi connectivity index (χ0n) is 10.5. The van der Waals surface area contributed by atoms with Crippen LogP contribution >= 0.6 is 12.4 Å². The Bertz CT molecular complexity index is 567. The van der Waals surface area contributed by atoms with E-state index in [0.29, 0.717) is 11.9 Å². The molecule has 0 radical (unpaired) electrons. The Morgan fingerprint density at radius 1 is 1.06 bits per heavy atom. The van der Waals surface area contributed by atoms with Crippen molar-refractivity contribution in [2.45, 2.75) is 19.3 Å². The fourth-order valence-corrected chi connectivity index (χ4v) is 2.03. The average Bonchev–Trinajstić information content (AvgIpc) is 2.33. The van der Waals surface area contributed by atoms with Crippen LogP contribution in [0.4, 0.5) is 0 Å². The lowest BCUT2D eigenvalue weighted by Gasteiger charge is -2.25. The van der Waals surface area contributed by atoms with Gasteiger partial charge in [0.25, 0.3) is 0 Å². The second-order valence-corrected chi connectivity index (χ2v) is 4.92. The maximum Gasteiger partial charge on any atom is 0.165 e. The number of hydrogen-bond acceptors (Lipinski definition) is 3. The fourth-order valence-electron chi connectivity index (χ4n) is 2.03. The molecule has 0 aliphatic carbocycles. The van der Waals surface area contributed by atoms with Gasteiger partial charge in [-0.05, 0) is 17.0 Å². The molecule has 0 amide bonds. The van der Waals surface area contributed by atoms with E-state index in [1.807, 2.05) is 18.2 Å². The van der Waals surface area contributed by atoms with Crippen LogP contribution < -0.4 is 5.73 Å². The summed E-state index contributed by atoms with van der Waals surface area (Å²) in [6, 6.07) is 8.99. The van der Waals surface area contributed by atoms with Crippen LogP contribution in [0, 0.1) is 0 Å². The van der Waals surface area contributed by atoms with Gasteiger partial charge in [-0.1, -0.05) is 38.1 Å². The number of halogens is 1. The molecule has 3 nitrogen and oxygen atoms in total. The van der Waals surface area contributed by atoms with Crippen molar-refractivity contribution in [2.75, 3.05) is 6.54 Å². The quantitative estimate of drug-likeness (QED) is 0.733. The van der Waals surface area contributed by atoms with Crippen molar-refractivity contribution < 1.29 is 10.2 Å². The van der Waals surface area contributed by atoms with E-state index in [2.05, 4.69) is 13.8 Å². The van der Waals surface area contributed by atoms with E-state index in [1.165, 1.54) is 6.07 Å². The molecule has 0 bridgehead atoms. The maximum absolute atomic E-state index is 9.84. The Labute approximate surface area is 113 Å². The lowest BCUT2D eigenvalue weighted by molar-refractivity contribution is 0.408. The van der Waals surface area contributed by atoms with E-state index >= 15 is 0 Å². The maximum atomic E-state index is 9.84. The van der Waals surface area contributed by atoms with Gasteiger partial charge >= 0.3 is 0 Å². The number of fused-ring (bicyclic) bond motifs is 1. The summed E-state index contributed by atoms with van der Waals surface area (Å²) in [6.07, 6.45) is 0. The van der Waals surface area contributed by atoms with Gasteiger partial charge in [-0.3, -0.25) is 0 Å². The highest BCUT2D eigenvalue weighted by molar-refractivity contribution is 5.93. The Morgan fingerprint density at radius 2 is 1.72 bits per heavy atom. The summed E-state index contributed by atoms with van der Waals surface area (Å²) in [7, 11) is 0. The Kier molecular flexibility index (Phi) is 4.09. The van der Waals surface area contributed by atoms with Gasteiger partial charge in [-0.25, -0.2) is 0 Å². The second kappa shape index (κ2) is 5.04. The molecule has 0 fully saturated rings. The number of hydrogen-bond donors (Lipinski definition) is 3. The summed E-state index contributed by atoms with van der Waals surface area (Å²) < 4.78 is 0. The molecule has 0 aliphatic heterocycles. The van der Waals surface area contributed by atoms with Crippen molar-refractivity contribution in [3.8, 4) is 11.5 Å². The Hall–Kier alpha value is -1.45. The van der Waals surface area contributed by atoms with Gasteiger partial charge in [0.1, 0.15) is 0 Å². The summed E-state index contributed by atoms with van der Waals surface area (Å²) >= 11 is 0. The predicted molar refractivity (Wildman–Crippen MR) is 76.6 cm³/mol. The molecule has 0 saturated carbocycles. The average molecular weight is 268 g/mol. The molecule has 0 aromatic heterocycles. The minimum Gasteiger partial charge on any atom is -0.504 e. The van der Waals surface area contributed by atoms with E-state index in [9.17, 15) is 10.2 Å². The highest BCUT2D eigenvalue weighted by Gasteiger charge is 2.21. The van der Waals surface area contributed by atoms with Gasteiger partial charge in [0, 0.05) is 17.3 Å². The Balaban J connectivity index is 0.00000162. The first-order valence-electron chi connectivity index (χ1n) is 5.61. The first kappa shape index (κ1) is 14.6. The van der Waals surface area contributed by atoms with Crippen molar-refractivity contribution in [1.29, 1.82) is 0 Å². The van der Waals surface area contributed by atoms with Gasteiger partial charge in [-0.2, -0.15) is 0 Å². The largest absolute Gasteiger partial charge is 0.504 e. The zero-order valence-corrected chi connectivity index (χ0v) is 11.3. The summed E-state index contributed by atoms with van der Waals surface area (Å²) in [5.74, 6) is -0.169. The van der Waals surface area contributed by atoms with E-state index in [1.54, 1.807) is 6.07 Å². The fraction of sp³-hybridized carbons (Fsp3) is 0.286. The van der Waals surface area contributed by atoms with E-state index < -0.39 is 0 Å². The van der Waals surface area contributed by atoms with Crippen molar-refractivity contribution in [1.82, 2.24) is 0 Å². The third kappa shape index (κ3) is 2.24. The van der Waals surface area contributed by atoms with Crippen LogP contribution in [0.15, 0.2) is 30.3 Å². The first-order chi connectivity index (χ1) is 7.97. The summed E-state index contributed by atoms with van der Waals surface area (Å²) in [4.78, 5) is 0. The van der Waals surface area contributed by atoms with Crippen LogP contribution in [0.5, 0.6) is 11.5 Å². The minimum absolute atomic E-state index is 0. The number of nitrogens with two attached hydrogens (primary N) is 1. The number of benzene rings is 2. The number of phenolic OH excluding ortho intramolecular Hbond substituents is 2. The molecule has 4 heteroatoms. The van der Waals surface area contributed by atoms with Crippen LogP contribution in [-0.4, -0.2) is 16.8 Å².